The van der Waals surface area contributed by atoms with E-state index in [0.717, 1.165) is 22.1 Å². The van der Waals surface area contributed by atoms with Crippen LogP contribution in [0.1, 0.15) is 0 Å². The van der Waals surface area contributed by atoms with Gasteiger partial charge in [0.2, 0.25) is 5.28 Å². The van der Waals surface area contributed by atoms with E-state index < -0.39 is 0 Å². The minimum atomic E-state index is 0.155. The molecule has 0 aliphatic heterocycles. The molecule has 8 heteroatoms. The van der Waals surface area contributed by atoms with E-state index in [9.17, 15) is 0 Å². The van der Waals surface area contributed by atoms with Crippen LogP contribution >= 0.6 is 23.2 Å². The van der Waals surface area contributed by atoms with Crippen molar-refractivity contribution < 1.29 is 0 Å². The van der Waals surface area contributed by atoms with Gasteiger partial charge in [-0.05, 0) is 35.9 Å². The van der Waals surface area contributed by atoms with Gasteiger partial charge in [0, 0.05) is 0 Å². The highest BCUT2D eigenvalue weighted by Gasteiger charge is 2.10. The van der Waals surface area contributed by atoms with Crippen LogP contribution in [0, 0.1) is 0 Å². The average molecular weight is 383 g/mol. The zero-order valence-corrected chi connectivity index (χ0v) is 14.9. The third-order valence-electron chi connectivity index (χ3n) is 3.71. The molecule has 0 unspecified atom stereocenters. The fourth-order valence-corrected chi connectivity index (χ4v) is 2.82. The summed E-state index contributed by atoms with van der Waals surface area (Å²) in [5.74, 6) is 0.528. The lowest BCUT2D eigenvalue weighted by atomic mass is 10.3. The number of benzene rings is 2. The van der Waals surface area contributed by atoms with E-state index in [4.69, 9.17) is 23.2 Å². The Morgan fingerprint density at radius 1 is 0.846 bits per heavy atom. The summed E-state index contributed by atoms with van der Waals surface area (Å²) in [6, 6.07) is 15.7. The number of para-hydroxylation sites is 4. The number of halogens is 2. The van der Waals surface area contributed by atoms with Crippen LogP contribution in [-0.2, 0) is 0 Å². The van der Waals surface area contributed by atoms with Crippen molar-refractivity contribution in [2.75, 3.05) is 0 Å². The summed E-state index contributed by atoms with van der Waals surface area (Å²) in [5, 5.41) is 0.583. The van der Waals surface area contributed by atoms with Gasteiger partial charge in [-0.15, -0.1) is 0 Å². The number of nitrogens with one attached hydrogen (secondary N) is 1. The summed E-state index contributed by atoms with van der Waals surface area (Å²) in [5.41, 5.74) is 3.91. The zero-order valence-electron chi connectivity index (χ0n) is 13.3. The Balaban J connectivity index is 0.000000157. The number of nitrogens with zero attached hydrogens (tertiary/aromatic N) is 5. The van der Waals surface area contributed by atoms with Crippen LogP contribution in [0.15, 0.2) is 67.4 Å². The number of fused-ring (bicyclic) bond motifs is 2. The van der Waals surface area contributed by atoms with E-state index in [1.54, 1.807) is 17.2 Å². The third kappa shape index (κ3) is 3.24. The first-order valence-corrected chi connectivity index (χ1v) is 8.46. The number of hydrogen-bond donors (Lipinski definition) is 1. The SMILES string of the molecule is Clc1ncc(Cl)c(-n2cnc3ccccc32)n1.c1ccc2[nH]cnc2c1. The van der Waals surface area contributed by atoms with E-state index in [1.807, 2.05) is 48.5 Å². The first-order valence-electron chi connectivity index (χ1n) is 7.71. The lowest BCUT2D eigenvalue weighted by Gasteiger charge is -2.04. The molecule has 0 saturated heterocycles. The minimum Gasteiger partial charge on any atom is -0.345 e. The van der Waals surface area contributed by atoms with Gasteiger partial charge in [-0.2, -0.15) is 4.98 Å². The molecule has 0 saturated carbocycles. The van der Waals surface area contributed by atoms with Crippen molar-refractivity contribution in [2.24, 2.45) is 0 Å². The molecule has 3 heterocycles. The van der Waals surface area contributed by atoms with Crippen molar-refractivity contribution in [3.8, 4) is 5.82 Å². The van der Waals surface area contributed by atoms with Crippen molar-refractivity contribution in [1.29, 1.82) is 0 Å². The van der Waals surface area contributed by atoms with Crippen LogP contribution in [0.2, 0.25) is 10.3 Å². The average Bonchev–Trinajstić information content (AvgIpc) is 3.31. The second kappa shape index (κ2) is 7.11. The summed E-state index contributed by atoms with van der Waals surface area (Å²) in [6.45, 7) is 0. The fraction of sp³-hybridized carbons (Fsp3) is 0. The number of rotatable bonds is 1. The number of aromatic amines is 1. The molecule has 0 fully saturated rings. The molecule has 5 rings (SSSR count). The molecule has 0 spiro atoms. The molecule has 26 heavy (non-hydrogen) atoms. The molecule has 0 radical (unpaired) electrons. The molecule has 0 amide bonds. The maximum Gasteiger partial charge on any atom is 0.224 e. The Labute approximate surface area is 158 Å². The van der Waals surface area contributed by atoms with Gasteiger partial charge in [-0.25, -0.2) is 15.0 Å². The normalized spacial score (nSPS) is 10.7. The van der Waals surface area contributed by atoms with Gasteiger partial charge in [-0.3, -0.25) is 4.57 Å². The monoisotopic (exact) mass is 382 g/mol. The van der Waals surface area contributed by atoms with Gasteiger partial charge in [0.1, 0.15) is 11.3 Å². The van der Waals surface area contributed by atoms with Gasteiger partial charge >= 0.3 is 0 Å². The highest BCUT2D eigenvalue weighted by Crippen LogP contribution is 2.23. The molecule has 6 nitrogen and oxygen atoms in total. The molecular weight excluding hydrogens is 371 g/mol. The Bertz CT molecular complexity index is 1150. The fourth-order valence-electron chi connectivity index (χ4n) is 2.51. The maximum atomic E-state index is 6.06. The number of H-pyrrole nitrogens is 1. The molecule has 1 N–H and O–H groups in total. The predicted octanol–water partition coefficient (Wildman–Crippen LogP) is 4.69. The van der Waals surface area contributed by atoms with Crippen LogP contribution in [0.5, 0.6) is 0 Å². The first-order chi connectivity index (χ1) is 12.7. The van der Waals surface area contributed by atoms with Gasteiger partial charge in [0.15, 0.2) is 5.82 Å². The van der Waals surface area contributed by atoms with Crippen molar-refractivity contribution in [1.82, 2.24) is 29.5 Å². The summed E-state index contributed by atoms with van der Waals surface area (Å²) in [6.07, 6.45) is 4.83. The lowest BCUT2D eigenvalue weighted by molar-refractivity contribution is 0.995. The number of hydrogen-bond acceptors (Lipinski definition) is 4. The summed E-state index contributed by atoms with van der Waals surface area (Å²) < 4.78 is 1.78. The van der Waals surface area contributed by atoms with Gasteiger partial charge < -0.3 is 4.98 Å². The van der Waals surface area contributed by atoms with Crippen LogP contribution in [0.4, 0.5) is 0 Å². The Morgan fingerprint density at radius 3 is 2.46 bits per heavy atom. The van der Waals surface area contributed by atoms with Crippen molar-refractivity contribution >= 4 is 45.3 Å². The molecule has 0 atom stereocenters. The topological polar surface area (TPSA) is 72.3 Å². The molecule has 3 aromatic heterocycles. The lowest BCUT2D eigenvalue weighted by Crippen LogP contribution is -1.98. The summed E-state index contributed by atoms with van der Waals surface area (Å²) in [4.78, 5) is 19.3. The quantitative estimate of drug-likeness (QED) is 0.427. The van der Waals surface area contributed by atoms with Gasteiger partial charge in [0.05, 0.1) is 34.6 Å². The molecule has 5 aromatic rings. The van der Waals surface area contributed by atoms with E-state index >= 15 is 0 Å². The van der Waals surface area contributed by atoms with Crippen LogP contribution in [-0.4, -0.2) is 29.5 Å². The standard InChI is InChI=1S/C11H6Cl2N4.C7H6N2/c12-7-5-14-11(13)16-10(7)17-6-15-8-3-1-2-4-9(8)17;1-2-4-7-6(3-1)8-5-9-7/h1-6H;1-5H,(H,8,9). The van der Waals surface area contributed by atoms with Crippen LogP contribution in [0.25, 0.3) is 27.9 Å². The Kier molecular flexibility index (Phi) is 4.51. The molecule has 0 aliphatic rings. The van der Waals surface area contributed by atoms with Crippen molar-refractivity contribution in [2.45, 2.75) is 0 Å². The largest absolute Gasteiger partial charge is 0.345 e. The molecule has 128 valence electrons. The number of aromatic nitrogens is 6. The first kappa shape index (κ1) is 16.5. The van der Waals surface area contributed by atoms with E-state index in [0.29, 0.717) is 10.8 Å². The second-order valence-corrected chi connectivity index (χ2v) is 6.08. The van der Waals surface area contributed by atoms with Gasteiger partial charge in [0.25, 0.3) is 0 Å². The van der Waals surface area contributed by atoms with E-state index in [1.165, 1.54) is 6.20 Å². The van der Waals surface area contributed by atoms with E-state index in [2.05, 4.69) is 24.9 Å². The highest BCUT2D eigenvalue weighted by molar-refractivity contribution is 6.33. The van der Waals surface area contributed by atoms with Crippen LogP contribution in [0.3, 0.4) is 0 Å². The maximum absolute atomic E-state index is 6.06. The highest BCUT2D eigenvalue weighted by atomic mass is 35.5. The molecule has 2 aromatic carbocycles. The molecule has 0 aliphatic carbocycles. The van der Waals surface area contributed by atoms with Gasteiger partial charge in [-0.1, -0.05) is 35.9 Å². The van der Waals surface area contributed by atoms with Crippen molar-refractivity contribution in [3.63, 3.8) is 0 Å². The van der Waals surface area contributed by atoms with Crippen molar-refractivity contribution in [3.05, 3.63) is 77.7 Å². The second-order valence-electron chi connectivity index (χ2n) is 5.33. The molecular formula is C18H12Cl2N6. The smallest absolute Gasteiger partial charge is 0.224 e. The molecule has 0 bridgehead atoms. The minimum absolute atomic E-state index is 0.155. The summed E-state index contributed by atoms with van der Waals surface area (Å²) >= 11 is 11.8. The summed E-state index contributed by atoms with van der Waals surface area (Å²) in [7, 11) is 0. The third-order valence-corrected chi connectivity index (χ3v) is 4.15. The zero-order chi connectivity index (χ0) is 17.9. The van der Waals surface area contributed by atoms with Crippen LogP contribution < -0.4 is 0 Å². The number of imidazole rings is 2. The Hall–Kier alpha value is -2.96. The van der Waals surface area contributed by atoms with E-state index in [-0.39, 0.29) is 5.28 Å². The predicted molar refractivity (Wildman–Crippen MR) is 103 cm³/mol. The Morgan fingerprint density at radius 2 is 1.62 bits per heavy atom.